The number of likely N-dealkylation sites (tertiary alicyclic amines) is 1. The lowest BCUT2D eigenvalue weighted by Crippen LogP contribution is -2.39. The summed E-state index contributed by atoms with van der Waals surface area (Å²) >= 11 is 0. The summed E-state index contributed by atoms with van der Waals surface area (Å²) in [7, 11) is -1.03. The minimum Gasteiger partial charge on any atom is -0.337 e. The van der Waals surface area contributed by atoms with Gasteiger partial charge in [0.15, 0.2) is 5.69 Å². The zero-order valence-corrected chi connectivity index (χ0v) is 17.3. The van der Waals surface area contributed by atoms with Crippen LogP contribution in [-0.2, 0) is 25.4 Å². The van der Waals surface area contributed by atoms with Crippen molar-refractivity contribution in [2.75, 3.05) is 18.8 Å². The van der Waals surface area contributed by atoms with Gasteiger partial charge in [0.1, 0.15) is 0 Å². The smallest absolute Gasteiger partial charge is 0.337 e. The van der Waals surface area contributed by atoms with E-state index >= 15 is 0 Å². The van der Waals surface area contributed by atoms with Gasteiger partial charge >= 0.3 is 6.18 Å². The molecule has 1 saturated heterocycles. The van der Waals surface area contributed by atoms with Crippen LogP contribution < -0.4 is 0 Å². The molecule has 1 amide bonds. The quantitative estimate of drug-likeness (QED) is 0.727. The summed E-state index contributed by atoms with van der Waals surface area (Å²) in [6.07, 6.45) is -3.09. The third kappa shape index (κ3) is 3.95. The van der Waals surface area contributed by atoms with Crippen LogP contribution >= 0.6 is 10.6 Å². The van der Waals surface area contributed by atoms with E-state index in [0.717, 1.165) is 11.8 Å². The highest BCUT2D eigenvalue weighted by Crippen LogP contribution is 2.48. The molecule has 0 radical (unpaired) electrons. The molecule has 3 heterocycles. The normalized spacial score (nSPS) is 20.7. The summed E-state index contributed by atoms with van der Waals surface area (Å²) in [5.74, 6) is -0.285. The SMILES string of the molecule is Cn1nc(C(=O)N2CCC(c3ccccc3C(F)(F)F)CC2)c2c1CCS(O)(O)C2. The Labute approximate surface area is 174 Å². The first-order chi connectivity index (χ1) is 14.1. The Bertz CT molecular complexity index is 966. The van der Waals surface area contributed by atoms with Crippen LogP contribution in [0.2, 0.25) is 0 Å². The van der Waals surface area contributed by atoms with Gasteiger partial charge in [0.2, 0.25) is 0 Å². The Morgan fingerprint density at radius 2 is 1.87 bits per heavy atom. The summed E-state index contributed by atoms with van der Waals surface area (Å²) in [6.45, 7) is 0.661. The van der Waals surface area contributed by atoms with E-state index in [1.165, 1.54) is 12.1 Å². The lowest BCUT2D eigenvalue weighted by Gasteiger charge is -2.36. The van der Waals surface area contributed by atoms with Gasteiger partial charge in [0.05, 0.1) is 11.3 Å². The third-order valence-electron chi connectivity index (χ3n) is 6.01. The van der Waals surface area contributed by atoms with Crippen molar-refractivity contribution in [2.45, 2.75) is 37.1 Å². The van der Waals surface area contributed by atoms with Crippen molar-refractivity contribution in [3.63, 3.8) is 0 Å². The van der Waals surface area contributed by atoms with E-state index in [1.54, 1.807) is 22.7 Å². The first-order valence-electron chi connectivity index (χ1n) is 9.80. The average Bonchev–Trinajstić information content (AvgIpc) is 3.01. The van der Waals surface area contributed by atoms with E-state index in [0.29, 0.717) is 37.9 Å². The fraction of sp³-hybridized carbons (Fsp3) is 0.500. The van der Waals surface area contributed by atoms with Crippen LogP contribution in [0.25, 0.3) is 0 Å². The fourth-order valence-electron chi connectivity index (χ4n) is 4.46. The Kier molecular flexibility index (Phi) is 5.36. The number of halogens is 3. The molecule has 6 nitrogen and oxygen atoms in total. The van der Waals surface area contributed by atoms with Gasteiger partial charge < -0.3 is 4.90 Å². The minimum absolute atomic E-state index is 0.0205. The van der Waals surface area contributed by atoms with Crippen molar-refractivity contribution in [2.24, 2.45) is 7.05 Å². The molecule has 0 unspecified atom stereocenters. The Balaban J connectivity index is 1.51. The monoisotopic (exact) mass is 443 g/mol. The largest absolute Gasteiger partial charge is 0.416 e. The van der Waals surface area contributed by atoms with Gasteiger partial charge in [-0.25, -0.2) is 0 Å². The molecular formula is C20H24F3N3O3S. The number of hydrogen-bond donors (Lipinski definition) is 2. The molecule has 30 heavy (non-hydrogen) atoms. The second kappa shape index (κ2) is 7.58. The number of fused-ring (bicyclic) bond motifs is 1. The van der Waals surface area contributed by atoms with Gasteiger partial charge in [-0.1, -0.05) is 18.2 Å². The van der Waals surface area contributed by atoms with Gasteiger partial charge in [-0.2, -0.15) is 28.9 Å². The van der Waals surface area contributed by atoms with Crippen LogP contribution in [0.1, 0.15) is 51.6 Å². The number of rotatable bonds is 2. The highest BCUT2D eigenvalue weighted by molar-refractivity contribution is 8.23. The second-order valence-corrected chi connectivity index (χ2v) is 10.3. The van der Waals surface area contributed by atoms with E-state index in [9.17, 15) is 27.1 Å². The van der Waals surface area contributed by atoms with Gasteiger partial charge in [0, 0.05) is 43.6 Å². The number of hydrogen-bond acceptors (Lipinski definition) is 4. The average molecular weight is 443 g/mol. The van der Waals surface area contributed by atoms with E-state index < -0.39 is 22.3 Å². The molecule has 1 aromatic carbocycles. The first-order valence-corrected chi connectivity index (χ1v) is 11.7. The molecule has 0 spiro atoms. The van der Waals surface area contributed by atoms with Crippen LogP contribution in [0.3, 0.4) is 0 Å². The number of carbonyl (C=O) groups is 1. The zero-order chi connectivity index (χ0) is 21.7. The lowest BCUT2D eigenvalue weighted by atomic mass is 9.86. The van der Waals surface area contributed by atoms with E-state index in [1.807, 2.05) is 0 Å². The van der Waals surface area contributed by atoms with Crippen molar-refractivity contribution < 1.29 is 27.1 Å². The maximum Gasteiger partial charge on any atom is 0.416 e. The van der Waals surface area contributed by atoms with Gasteiger partial charge in [-0.05, 0) is 30.4 Å². The number of amides is 1. The minimum atomic E-state index is -4.40. The number of aryl methyl sites for hydroxylation is 1. The molecule has 2 aromatic rings. The van der Waals surface area contributed by atoms with Crippen molar-refractivity contribution >= 4 is 16.5 Å². The summed E-state index contributed by atoms with van der Waals surface area (Å²) in [6, 6.07) is 5.62. The van der Waals surface area contributed by atoms with E-state index in [4.69, 9.17) is 0 Å². The number of aromatic nitrogens is 2. The predicted octanol–water partition coefficient (Wildman–Crippen LogP) is 4.27. The maximum atomic E-state index is 13.3. The molecular weight excluding hydrogens is 419 g/mol. The topological polar surface area (TPSA) is 78.6 Å². The summed E-state index contributed by atoms with van der Waals surface area (Å²) in [5, 5.41) is 4.32. The van der Waals surface area contributed by atoms with Crippen LogP contribution in [0, 0.1) is 0 Å². The third-order valence-corrected chi connectivity index (χ3v) is 7.62. The van der Waals surface area contributed by atoms with Crippen molar-refractivity contribution in [3.05, 3.63) is 52.3 Å². The number of carbonyl (C=O) groups excluding carboxylic acids is 1. The molecule has 164 valence electrons. The standard InChI is InChI=1S/C20H24F3N3O3S/c1-25-17-8-11-30(28,29)12-15(17)18(24-25)19(27)26-9-6-13(7-10-26)14-4-2-3-5-16(14)20(21,22)23/h2-5,13,28-29H,6-12H2,1H3. The van der Waals surface area contributed by atoms with Crippen molar-refractivity contribution in [1.29, 1.82) is 0 Å². The van der Waals surface area contributed by atoms with Crippen molar-refractivity contribution in [3.8, 4) is 0 Å². The summed E-state index contributed by atoms with van der Waals surface area (Å²) in [5.41, 5.74) is 1.30. The highest BCUT2D eigenvalue weighted by Gasteiger charge is 2.37. The molecule has 0 atom stereocenters. The molecule has 0 saturated carbocycles. The van der Waals surface area contributed by atoms with E-state index in [2.05, 4.69) is 5.10 Å². The molecule has 1 aromatic heterocycles. The van der Waals surface area contributed by atoms with E-state index in [-0.39, 0.29) is 34.6 Å². The number of benzene rings is 1. The fourth-order valence-corrected chi connectivity index (χ4v) is 5.89. The molecule has 4 rings (SSSR count). The van der Waals surface area contributed by atoms with Gasteiger partial charge in [0.25, 0.3) is 5.91 Å². The molecule has 0 aliphatic carbocycles. The lowest BCUT2D eigenvalue weighted by molar-refractivity contribution is -0.138. The molecule has 1 fully saturated rings. The predicted molar refractivity (Wildman–Crippen MR) is 108 cm³/mol. The van der Waals surface area contributed by atoms with Crippen LogP contribution in [0.15, 0.2) is 24.3 Å². The van der Waals surface area contributed by atoms with Crippen molar-refractivity contribution in [1.82, 2.24) is 14.7 Å². The van der Waals surface area contributed by atoms with Crippen LogP contribution in [0.5, 0.6) is 0 Å². The zero-order valence-electron chi connectivity index (χ0n) is 16.5. The summed E-state index contributed by atoms with van der Waals surface area (Å²) in [4.78, 5) is 14.7. The Hall–Kier alpha value is -2.04. The number of nitrogens with zero attached hydrogens (tertiary/aromatic N) is 3. The molecule has 10 heteroatoms. The maximum absolute atomic E-state index is 13.3. The molecule has 0 bridgehead atoms. The molecule has 2 aliphatic heterocycles. The van der Waals surface area contributed by atoms with Crippen LogP contribution in [-0.4, -0.2) is 48.5 Å². The molecule has 2 aliphatic rings. The van der Waals surface area contributed by atoms with Crippen LogP contribution in [0.4, 0.5) is 13.2 Å². The number of piperidine rings is 1. The van der Waals surface area contributed by atoms with Gasteiger partial charge in [-0.15, -0.1) is 0 Å². The van der Waals surface area contributed by atoms with Gasteiger partial charge in [-0.3, -0.25) is 18.6 Å². The highest BCUT2D eigenvalue weighted by atomic mass is 32.3. The summed E-state index contributed by atoms with van der Waals surface area (Å²) < 4.78 is 61.8. The Morgan fingerprint density at radius 1 is 1.20 bits per heavy atom. The number of alkyl halides is 3. The Morgan fingerprint density at radius 3 is 2.53 bits per heavy atom. The molecule has 2 N–H and O–H groups in total. The first kappa shape index (κ1) is 21.2. The second-order valence-electron chi connectivity index (χ2n) is 7.95.